The smallest absolute Gasteiger partial charge is 0.150 e. The molecule has 2 rings (SSSR count). The maximum atomic E-state index is 11.7. The molecule has 0 aromatic heterocycles. The molecule has 1 aromatic carbocycles. The number of rotatable bonds is 4. The van der Waals surface area contributed by atoms with Gasteiger partial charge in [0, 0.05) is 18.2 Å². The lowest BCUT2D eigenvalue weighted by Crippen LogP contribution is -2.30. The predicted molar refractivity (Wildman–Crippen MR) is 69.6 cm³/mol. The highest BCUT2D eigenvalue weighted by Crippen LogP contribution is 2.53. The molecule has 0 saturated heterocycles. The molecule has 1 aliphatic rings. The number of hydrogen-bond donors (Lipinski definition) is 1. The molecule has 1 aromatic rings. The fraction of sp³-hybridized carbons (Fsp3) is 0.538. The maximum absolute atomic E-state index is 11.7. The van der Waals surface area contributed by atoms with Gasteiger partial charge in [-0.3, -0.25) is 0 Å². The molecule has 17 heavy (non-hydrogen) atoms. The quantitative estimate of drug-likeness (QED) is 0.887. The van der Waals surface area contributed by atoms with E-state index in [1.54, 1.807) is 0 Å². The minimum absolute atomic E-state index is 0.168. The van der Waals surface area contributed by atoms with Crippen molar-refractivity contribution in [3.05, 3.63) is 35.4 Å². The summed E-state index contributed by atoms with van der Waals surface area (Å²) in [5, 5.41) is -0.317. The largest absolute Gasteiger partial charge is 0.326 e. The monoisotopic (exact) mass is 253 g/mol. The Labute approximate surface area is 103 Å². The van der Waals surface area contributed by atoms with Gasteiger partial charge in [0.15, 0.2) is 9.84 Å². The first kappa shape index (κ1) is 12.6. The van der Waals surface area contributed by atoms with Crippen molar-refractivity contribution in [3.63, 3.8) is 0 Å². The third-order valence-corrected chi connectivity index (χ3v) is 5.68. The van der Waals surface area contributed by atoms with Gasteiger partial charge in [-0.15, -0.1) is 0 Å². The van der Waals surface area contributed by atoms with Crippen molar-refractivity contribution in [1.29, 1.82) is 0 Å². The lowest BCUT2D eigenvalue weighted by molar-refractivity contribution is 0.561. The lowest BCUT2D eigenvalue weighted by Gasteiger charge is -2.23. The summed E-state index contributed by atoms with van der Waals surface area (Å²) in [7, 11) is -3.00. The second-order valence-electron chi connectivity index (χ2n) is 5.03. The first-order valence-corrected chi connectivity index (χ1v) is 7.84. The topological polar surface area (TPSA) is 60.2 Å². The lowest BCUT2D eigenvalue weighted by atomic mass is 9.91. The second-order valence-corrected chi connectivity index (χ2v) is 7.40. The van der Waals surface area contributed by atoms with Crippen molar-refractivity contribution in [3.8, 4) is 0 Å². The maximum Gasteiger partial charge on any atom is 0.150 e. The number of nitrogens with two attached hydrogens (primary N) is 1. The zero-order valence-electron chi connectivity index (χ0n) is 10.3. The Morgan fingerprint density at radius 2 is 2.06 bits per heavy atom. The van der Waals surface area contributed by atoms with Crippen LogP contribution in [0.4, 0.5) is 0 Å². The number of sulfone groups is 1. The van der Waals surface area contributed by atoms with Crippen LogP contribution in [0.25, 0.3) is 0 Å². The number of benzene rings is 1. The van der Waals surface area contributed by atoms with Gasteiger partial charge < -0.3 is 5.73 Å². The molecule has 0 bridgehead atoms. The Balaban J connectivity index is 2.39. The average molecular weight is 253 g/mol. The van der Waals surface area contributed by atoms with Crippen LogP contribution in [0.5, 0.6) is 0 Å². The Kier molecular flexibility index (Phi) is 3.04. The van der Waals surface area contributed by atoms with Gasteiger partial charge >= 0.3 is 0 Å². The molecule has 2 N–H and O–H groups in total. The summed E-state index contributed by atoms with van der Waals surface area (Å²) in [6, 6.07) is 8.01. The molecule has 1 fully saturated rings. The third-order valence-electron chi connectivity index (χ3n) is 3.95. The van der Waals surface area contributed by atoms with Crippen LogP contribution in [0.3, 0.4) is 0 Å². The zero-order valence-corrected chi connectivity index (χ0v) is 11.1. The van der Waals surface area contributed by atoms with Gasteiger partial charge in [0.25, 0.3) is 0 Å². The van der Waals surface area contributed by atoms with E-state index in [1.807, 2.05) is 25.1 Å². The van der Waals surface area contributed by atoms with E-state index in [2.05, 4.69) is 6.07 Å². The Morgan fingerprint density at radius 3 is 2.53 bits per heavy atom. The number of hydrogen-bond acceptors (Lipinski definition) is 3. The van der Waals surface area contributed by atoms with E-state index in [0.29, 0.717) is 6.54 Å². The molecule has 94 valence electrons. The summed E-state index contributed by atoms with van der Waals surface area (Å²) in [5.74, 6) is 0. The van der Waals surface area contributed by atoms with E-state index in [0.717, 1.165) is 24.0 Å². The standard InChI is InChI=1S/C13H19NO2S/c1-10(17(2,15)16)13(6-7-13)12-5-3-4-11(8-12)9-14/h3-5,8,10H,6-7,9,14H2,1-2H3. The highest BCUT2D eigenvalue weighted by Gasteiger charge is 2.52. The van der Waals surface area contributed by atoms with Crippen LogP contribution in [0.2, 0.25) is 0 Å². The Bertz CT molecular complexity index is 518. The van der Waals surface area contributed by atoms with Gasteiger partial charge in [-0.25, -0.2) is 8.42 Å². The molecule has 3 nitrogen and oxygen atoms in total. The van der Waals surface area contributed by atoms with Crippen LogP contribution in [0.1, 0.15) is 30.9 Å². The summed E-state index contributed by atoms with van der Waals surface area (Å²) in [4.78, 5) is 0. The molecule has 1 saturated carbocycles. The van der Waals surface area contributed by atoms with Crippen LogP contribution in [0, 0.1) is 0 Å². The summed E-state index contributed by atoms with van der Waals surface area (Å²) in [6.45, 7) is 2.31. The van der Waals surface area contributed by atoms with E-state index in [1.165, 1.54) is 6.26 Å². The van der Waals surface area contributed by atoms with E-state index < -0.39 is 9.84 Å². The van der Waals surface area contributed by atoms with E-state index in [9.17, 15) is 8.42 Å². The van der Waals surface area contributed by atoms with Crippen LogP contribution in [-0.4, -0.2) is 19.9 Å². The van der Waals surface area contributed by atoms with Gasteiger partial charge in [0.2, 0.25) is 0 Å². The van der Waals surface area contributed by atoms with E-state index in [-0.39, 0.29) is 10.7 Å². The molecular weight excluding hydrogens is 234 g/mol. The van der Waals surface area contributed by atoms with Crippen LogP contribution >= 0.6 is 0 Å². The molecule has 1 aliphatic carbocycles. The highest BCUT2D eigenvalue weighted by atomic mass is 32.2. The van der Waals surface area contributed by atoms with Crippen molar-refractivity contribution < 1.29 is 8.42 Å². The molecule has 1 unspecified atom stereocenters. The molecule has 0 heterocycles. The Hall–Kier alpha value is -0.870. The van der Waals surface area contributed by atoms with Crippen LogP contribution < -0.4 is 5.73 Å². The summed E-state index contributed by atoms with van der Waals surface area (Å²) < 4.78 is 23.4. The summed E-state index contributed by atoms with van der Waals surface area (Å²) in [6.07, 6.45) is 3.23. The van der Waals surface area contributed by atoms with Crippen molar-refractivity contribution in [1.82, 2.24) is 0 Å². The molecule has 0 amide bonds. The highest BCUT2D eigenvalue weighted by molar-refractivity contribution is 7.91. The van der Waals surface area contributed by atoms with Crippen LogP contribution in [0.15, 0.2) is 24.3 Å². The van der Waals surface area contributed by atoms with Crippen LogP contribution in [-0.2, 0) is 21.8 Å². The normalized spacial score (nSPS) is 19.9. The molecule has 0 radical (unpaired) electrons. The molecule has 4 heteroatoms. The van der Waals surface area contributed by atoms with Gasteiger partial charge in [-0.05, 0) is 30.9 Å². The van der Waals surface area contributed by atoms with Gasteiger partial charge in [-0.1, -0.05) is 24.3 Å². The molecule has 0 spiro atoms. The fourth-order valence-electron chi connectivity index (χ4n) is 2.48. The fourth-order valence-corrected chi connectivity index (χ4v) is 3.67. The molecular formula is C13H19NO2S. The van der Waals surface area contributed by atoms with Gasteiger partial charge in [-0.2, -0.15) is 0 Å². The van der Waals surface area contributed by atoms with E-state index in [4.69, 9.17) is 5.73 Å². The van der Waals surface area contributed by atoms with Gasteiger partial charge in [0.05, 0.1) is 5.25 Å². The minimum Gasteiger partial charge on any atom is -0.326 e. The average Bonchev–Trinajstić information content (AvgIpc) is 3.08. The van der Waals surface area contributed by atoms with Crippen molar-refractivity contribution in [2.24, 2.45) is 5.73 Å². The first-order chi connectivity index (χ1) is 7.90. The zero-order chi connectivity index (χ0) is 12.7. The van der Waals surface area contributed by atoms with Crippen molar-refractivity contribution >= 4 is 9.84 Å². The Morgan fingerprint density at radius 1 is 1.41 bits per heavy atom. The summed E-state index contributed by atoms with van der Waals surface area (Å²) >= 11 is 0. The van der Waals surface area contributed by atoms with E-state index >= 15 is 0 Å². The van der Waals surface area contributed by atoms with Crippen molar-refractivity contribution in [2.75, 3.05) is 6.26 Å². The SMILES string of the molecule is CC(C1(c2cccc(CN)c2)CC1)S(C)(=O)=O. The van der Waals surface area contributed by atoms with Crippen molar-refractivity contribution in [2.45, 2.75) is 37.0 Å². The predicted octanol–water partition coefficient (Wildman–Crippen LogP) is 1.61. The van der Waals surface area contributed by atoms with Gasteiger partial charge in [0.1, 0.15) is 0 Å². The second kappa shape index (κ2) is 4.10. The minimum atomic E-state index is -3.00. The molecule has 1 atom stereocenters. The summed E-state index contributed by atoms with van der Waals surface area (Å²) in [5.41, 5.74) is 7.65. The first-order valence-electron chi connectivity index (χ1n) is 5.88. The molecule has 0 aliphatic heterocycles. The third kappa shape index (κ3) is 2.24.